The molecule has 2 aromatic rings. The van der Waals surface area contributed by atoms with Crippen LogP contribution in [-0.4, -0.2) is 60.8 Å². The second-order valence-corrected chi connectivity index (χ2v) is 8.92. The Bertz CT molecular complexity index is 865. The molecule has 2 saturated heterocycles. The smallest absolute Gasteiger partial charge is 0.240 e. The third kappa shape index (κ3) is 4.35. The maximum absolute atomic E-state index is 13.2. The zero-order valence-electron chi connectivity index (χ0n) is 16.7. The number of aryl methyl sites for hydroxylation is 1. The van der Waals surface area contributed by atoms with E-state index in [-0.39, 0.29) is 23.4 Å². The molecule has 6 nitrogen and oxygen atoms in total. The number of anilines is 1. The maximum atomic E-state index is 13.2. The Balaban J connectivity index is 1.39. The van der Waals surface area contributed by atoms with Gasteiger partial charge in [0.05, 0.1) is 18.3 Å². The van der Waals surface area contributed by atoms with Crippen molar-refractivity contribution in [2.45, 2.75) is 37.9 Å². The predicted octanol–water partition coefficient (Wildman–Crippen LogP) is 3.47. The molecule has 156 valence electrons. The fraction of sp³-hybridized carbons (Fsp3) is 0.524. The van der Waals surface area contributed by atoms with Crippen LogP contribution in [0.3, 0.4) is 0 Å². The van der Waals surface area contributed by atoms with E-state index < -0.39 is 0 Å². The Morgan fingerprint density at radius 2 is 2.24 bits per heavy atom. The molecule has 0 radical (unpaired) electrons. The van der Waals surface area contributed by atoms with Gasteiger partial charge in [-0.3, -0.25) is 9.69 Å². The number of ether oxygens (including phenoxy) is 2. The molecule has 2 fully saturated rings. The molecule has 1 N–H and O–H groups in total. The first-order valence-corrected chi connectivity index (χ1v) is 10.7. The van der Waals surface area contributed by atoms with Crippen LogP contribution in [0.4, 0.5) is 9.52 Å². The predicted molar refractivity (Wildman–Crippen MR) is 111 cm³/mol. The van der Waals surface area contributed by atoms with Crippen LogP contribution in [0, 0.1) is 12.7 Å². The van der Waals surface area contributed by atoms with Gasteiger partial charge in [0.2, 0.25) is 5.91 Å². The number of aromatic nitrogens is 1. The first-order valence-electron chi connectivity index (χ1n) is 9.91. The third-order valence-electron chi connectivity index (χ3n) is 5.73. The number of amides is 1. The monoisotopic (exact) mass is 419 g/mol. The lowest BCUT2D eigenvalue weighted by molar-refractivity contribution is -0.146. The van der Waals surface area contributed by atoms with Crippen molar-refractivity contribution in [3.05, 3.63) is 35.0 Å². The topological polar surface area (TPSA) is 63.7 Å². The Kier molecular flexibility index (Phi) is 5.96. The summed E-state index contributed by atoms with van der Waals surface area (Å²) in [6.07, 6.45) is 2.94. The highest BCUT2D eigenvalue weighted by Gasteiger charge is 2.47. The summed E-state index contributed by atoms with van der Waals surface area (Å²) in [7, 11) is 1.74. The lowest BCUT2D eigenvalue weighted by atomic mass is 9.87. The lowest BCUT2D eigenvalue weighted by Gasteiger charge is -2.44. The van der Waals surface area contributed by atoms with Crippen molar-refractivity contribution in [3.8, 4) is 11.3 Å². The SMILES string of the molecule is CO[C@H]1CCN(CC(=O)Nc2nc(-c3ccc(F)cc3)c(C)s2)C[C@@]12CCCO2. The van der Waals surface area contributed by atoms with Crippen molar-refractivity contribution >= 4 is 22.4 Å². The van der Waals surface area contributed by atoms with Crippen LogP contribution in [0.5, 0.6) is 0 Å². The van der Waals surface area contributed by atoms with E-state index in [2.05, 4.69) is 15.2 Å². The Morgan fingerprint density at radius 3 is 2.93 bits per heavy atom. The highest BCUT2D eigenvalue weighted by atomic mass is 32.1. The number of rotatable bonds is 5. The molecular weight excluding hydrogens is 393 g/mol. The molecule has 0 aliphatic carbocycles. The van der Waals surface area contributed by atoms with Crippen molar-refractivity contribution in [3.63, 3.8) is 0 Å². The van der Waals surface area contributed by atoms with Gasteiger partial charge in [0, 0.05) is 37.2 Å². The number of likely N-dealkylation sites (tertiary alicyclic amines) is 1. The van der Waals surface area contributed by atoms with Crippen LogP contribution >= 0.6 is 11.3 Å². The number of benzene rings is 1. The van der Waals surface area contributed by atoms with E-state index in [1.165, 1.54) is 23.5 Å². The Labute approximate surface area is 174 Å². The van der Waals surface area contributed by atoms with Crippen molar-refractivity contribution in [1.29, 1.82) is 0 Å². The number of hydrogen-bond acceptors (Lipinski definition) is 6. The molecule has 1 amide bonds. The summed E-state index contributed by atoms with van der Waals surface area (Å²) in [6, 6.07) is 6.22. The maximum Gasteiger partial charge on any atom is 0.240 e. The molecule has 29 heavy (non-hydrogen) atoms. The van der Waals surface area contributed by atoms with Gasteiger partial charge in [-0.1, -0.05) is 0 Å². The quantitative estimate of drug-likeness (QED) is 0.804. The van der Waals surface area contributed by atoms with Gasteiger partial charge in [-0.05, 0) is 50.5 Å². The molecule has 0 bridgehead atoms. The number of methoxy groups -OCH3 is 1. The molecule has 8 heteroatoms. The number of carbonyl (C=O) groups is 1. The van der Waals surface area contributed by atoms with Crippen molar-refractivity contribution in [1.82, 2.24) is 9.88 Å². The van der Waals surface area contributed by atoms with E-state index in [0.717, 1.165) is 48.5 Å². The third-order valence-corrected chi connectivity index (χ3v) is 6.62. The zero-order chi connectivity index (χ0) is 20.4. The molecule has 0 saturated carbocycles. The summed E-state index contributed by atoms with van der Waals surface area (Å²) in [5.74, 6) is -0.371. The van der Waals surface area contributed by atoms with Crippen LogP contribution in [-0.2, 0) is 14.3 Å². The average molecular weight is 420 g/mol. The Hall–Kier alpha value is -1.87. The number of hydrogen-bond donors (Lipinski definition) is 1. The number of halogens is 1. The first-order chi connectivity index (χ1) is 14.0. The van der Waals surface area contributed by atoms with Crippen molar-refractivity contribution in [2.24, 2.45) is 0 Å². The first kappa shape index (κ1) is 20.4. The molecule has 4 rings (SSSR count). The molecule has 2 aliphatic heterocycles. The van der Waals surface area contributed by atoms with Crippen LogP contribution in [0.25, 0.3) is 11.3 Å². The van der Waals surface area contributed by atoms with Gasteiger partial charge in [-0.25, -0.2) is 9.37 Å². The normalized spacial score (nSPS) is 24.9. The molecular formula is C21H26FN3O3S. The van der Waals surface area contributed by atoms with E-state index in [0.29, 0.717) is 18.2 Å². The number of carbonyl (C=O) groups excluding carboxylic acids is 1. The number of piperidine rings is 1. The van der Waals surface area contributed by atoms with Crippen LogP contribution in [0.15, 0.2) is 24.3 Å². The van der Waals surface area contributed by atoms with E-state index in [9.17, 15) is 9.18 Å². The minimum absolute atomic E-state index is 0.0872. The van der Waals surface area contributed by atoms with Gasteiger partial charge in [0.15, 0.2) is 5.13 Å². The minimum atomic E-state index is -0.291. The van der Waals surface area contributed by atoms with E-state index in [1.54, 1.807) is 19.2 Å². The van der Waals surface area contributed by atoms with Gasteiger partial charge in [-0.15, -0.1) is 11.3 Å². The largest absolute Gasteiger partial charge is 0.378 e. The summed E-state index contributed by atoms with van der Waals surface area (Å²) < 4.78 is 24.9. The summed E-state index contributed by atoms with van der Waals surface area (Å²) in [5, 5.41) is 3.48. The highest BCUT2D eigenvalue weighted by molar-refractivity contribution is 7.16. The van der Waals surface area contributed by atoms with Crippen LogP contribution < -0.4 is 5.32 Å². The lowest BCUT2D eigenvalue weighted by Crippen LogP contribution is -2.58. The molecule has 1 aromatic carbocycles. The standard InChI is InChI=1S/C21H26FN3O3S/c1-14-19(15-4-6-16(22)7-5-15)24-20(29-14)23-18(26)12-25-10-8-17(27-2)21(13-25)9-3-11-28-21/h4-7,17H,3,8-13H2,1-2H3,(H,23,24,26)/t17-,21-/m0/s1. The molecule has 1 spiro atoms. The van der Waals surface area contributed by atoms with Crippen molar-refractivity contribution < 1.29 is 18.7 Å². The summed E-state index contributed by atoms with van der Waals surface area (Å²) in [6.45, 7) is 4.50. The fourth-order valence-corrected chi connectivity index (χ4v) is 5.23. The van der Waals surface area contributed by atoms with Crippen LogP contribution in [0.1, 0.15) is 24.1 Å². The van der Waals surface area contributed by atoms with Gasteiger partial charge in [0.1, 0.15) is 11.4 Å². The fourth-order valence-electron chi connectivity index (χ4n) is 4.37. The molecule has 0 unspecified atom stereocenters. The molecule has 1 aromatic heterocycles. The molecule has 2 aliphatic rings. The second-order valence-electron chi connectivity index (χ2n) is 7.72. The summed E-state index contributed by atoms with van der Waals surface area (Å²) >= 11 is 1.43. The second kappa shape index (κ2) is 8.47. The van der Waals surface area contributed by atoms with Crippen LogP contribution in [0.2, 0.25) is 0 Å². The molecule has 2 atom stereocenters. The van der Waals surface area contributed by atoms with Gasteiger partial charge in [-0.2, -0.15) is 0 Å². The van der Waals surface area contributed by atoms with E-state index in [1.807, 2.05) is 6.92 Å². The van der Waals surface area contributed by atoms with Gasteiger partial charge < -0.3 is 14.8 Å². The minimum Gasteiger partial charge on any atom is -0.378 e. The zero-order valence-corrected chi connectivity index (χ0v) is 17.6. The summed E-state index contributed by atoms with van der Waals surface area (Å²) in [5.41, 5.74) is 1.31. The van der Waals surface area contributed by atoms with Gasteiger partial charge >= 0.3 is 0 Å². The molecule has 3 heterocycles. The Morgan fingerprint density at radius 1 is 1.45 bits per heavy atom. The van der Waals surface area contributed by atoms with E-state index in [4.69, 9.17) is 9.47 Å². The van der Waals surface area contributed by atoms with Gasteiger partial charge in [0.25, 0.3) is 0 Å². The van der Waals surface area contributed by atoms with Crippen molar-refractivity contribution in [2.75, 3.05) is 38.7 Å². The number of nitrogens with zero attached hydrogens (tertiary/aromatic N) is 2. The number of nitrogens with one attached hydrogen (secondary N) is 1. The van der Waals surface area contributed by atoms with E-state index >= 15 is 0 Å². The highest BCUT2D eigenvalue weighted by Crippen LogP contribution is 2.36. The summed E-state index contributed by atoms with van der Waals surface area (Å²) in [4.78, 5) is 20.3. The average Bonchev–Trinajstić information content (AvgIpc) is 3.29. The number of thiazole rings is 1.